The van der Waals surface area contributed by atoms with Crippen LogP contribution >= 0.6 is 23.2 Å². The predicted octanol–water partition coefficient (Wildman–Crippen LogP) is 7.20. The van der Waals surface area contributed by atoms with E-state index in [2.05, 4.69) is 10.8 Å². The van der Waals surface area contributed by atoms with E-state index in [9.17, 15) is 18.0 Å². The molecule has 0 aromatic heterocycles. The molecule has 0 saturated heterocycles. The number of benzene rings is 2. The van der Waals surface area contributed by atoms with Crippen molar-refractivity contribution in [2.24, 2.45) is 0 Å². The van der Waals surface area contributed by atoms with Crippen molar-refractivity contribution in [3.05, 3.63) is 68.9 Å². The summed E-state index contributed by atoms with van der Waals surface area (Å²) in [4.78, 5) is 16.9. The van der Waals surface area contributed by atoms with E-state index < -0.39 is 24.1 Å². The third kappa shape index (κ3) is 5.68. The van der Waals surface area contributed by atoms with Crippen LogP contribution in [0.5, 0.6) is 0 Å². The molecule has 32 heavy (non-hydrogen) atoms. The van der Waals surface area contributed by atoms with Crippen LogP contribution in [-0.2, 0) is 9.57 Å². The number of carbonyl (C=O) groups is 1. The van der Waals surface area contributed by atoms with Crippen molar-refractivity contribution in [3.8, 4) is 0 Å². The zero-order valence-corrected chi connectivity index (χ0v) is 18.8. The molecule has 2 aromatic carbocycles. The summed E-state index contributed by atoms with van der Waals surface area (Å²) in [5.74, 6) is -1.19. The molecule has 1 unspecified atom stereocenters. The fourth-order valence-electron chi connectivity index (χ4n) is 3.22. The second-order valence-corrected chi connectivity index (χ2v) is 8.11. The number of unbranched alkanes of at least 4 members (excludes halogenated alkanes) is 1. The van der Waals surface area contributed by atoms with Crippen molar-refractivity contribution in [3.63, 3.8) is 0 Å². The van der Waals surface area contributed by atoms with Crippen LogP contribution in [0.25, 0.3) is 5.57 Å². The summed E-state index contributed by atoms with van der Waals surface area (Å²) in [5, 5.41) is 3.01. The lowest BCUT2D eigenvalue weighted by Gasteiger charge is -2.17. The molecule has 1 atom stereocenters. The molecule has 5 nitrogen and oxygen atoms in total. The Bertz CT molecular complexity index is 1020. The Morgan fingerprint density at radius 1 is 1.19 bits per heavy atom. The van der Waals surface area contributed by atoms with Gasteiger partial charge in [-0.05, 0) is 54.3 Å². The molecule has 0 saturated carbocycles. The largest absolute Gasteiger partial charge is 0.451 e. The number of carbonyl (C=O) groups excluding carboxylic acids is 1. The third-order valence-electron chi connectivity index (χ3n) is 4.81. The minimum absolute atomic E-state index is 0.165. The first-order valence-corrected chi connectivity index (χ1v) is 10.6. The topological polar surface area (TPSA) is 59.6 Å². The molecular weight excluding hydrogens is 468 g/mol. The van der Waals surface area contributed by atoms with Crippen LogP contribution < -0.4 is 10.8 Å². The average molecular weight is 489 g/mol. The van der Waals surface area contributed by atoms with E-state index in [0.717, 1.165) is 12.8 Å². The standard InChI is InChI=1S/C22H21Cl2F3N2O3/c1-3-4-7-31-21(30)28-17-10-13(6-5-12(17)2)19-18(20(32-29-19)22(25,26)27)14-8-15(23)11-16(24)9-14/h5-6,8-11,19,29H,3-4,7H2,1-2H3,(H,28,30). The number of aryl methyl sites for hydroxylation is 1. The van der Waals surface area contributed by atoms with Crippen LogP contribution in [0.4, 0.5) is 23.7 Å². The van der Waals surface area contributed by atoms with Gasteiger partial charge in [-0.1, -0.05) is 48.7 Å². The van der Waals surface area contributed by atoms with Gasteiger partial charge in [0.05, 0.1) is 12.6 Å². The molecular formula is C22H21Cl2F3N2O3. The van der Waals surface area contributed by atoms with E-state index in [1.54, 1.807) is 25.1 Å². The molecule has 10 heteroatoms. The van der Waals surface area contributed by atoms with Crippen molar-refractivity contribution in [1.82, 2.24) is 5.48 Å². The van der Waals surface area contributed by atoms with E-state index in [1.807, 2.05) is 6.92 Å². The molecule has 1 aliphatic rings. The molecule has 0 fully saturated rings. The smallest absolute Gasteiger partial charge is 0.449 e. The second-order valence-electron chi connectivity index (χ2n) is 7.24. The van der Waals surface area contributed by atoms with Gasteiger partial charge in [0.15, 0.2) is 0 Å². The highest BCUT2D eigenvalue weighted by Gasteiger charge is 2.46. The van der Waals surface area contributed by atoms with Crippen LogP contribution in [0.3, 0.4) is 0 Å². The zero-order valence-electron chi connectivity index (χ0n) is 17.3. The highest BCUT2D eigenvalue weighted by atomic mass is 35.5. The number of amides is 1. The third-order valence-corrected chi connectivity index (χ3v) is 5.24. The summed E-state index contributed by atoms with van der Waals surface area (Å²) in [6.45, 7) is 4.01. The molecule has 1 heterocycles. The number of anilines is 1. The lowest BCUT2D eigenvalue weighted by Crippen LogP contribution is -2.18. The predicted molar refractivity (Wildman–Crippen MR) is 117 cm³/mol. The number of allylic oxidation sites excluding steroid dienone is 1. The summed E-state index contributed by atoms with van der Waals surface area (Å²) < 4.78 is 46.2. The van der Waals surface area contributed by atoms with E-state index in [1.165, 1.54) is 18.2 Å². The first-order chi connectivity index (χ1) is 15.1. The maximum Gasteiger partial charge on any atom is 0.451 e. The summed E-state index contributed by atoms with van der Waals surface area (Å²) >= 11 is 12.1. The van der Waals surface area contributed by atoms with Gasteiger partial charge in [0.25, 0.3) is 0 Å². The van der Waals surface area contributed by atoms with E-state index >= 15 is 0 Å². The van der Waals surface area contributed by atoms with Crippen molar-refractivity contribution >= 4 is 40.6 Å². The van der Waals surface area contributed by atoms with Gasteiger partial charge >= 0.3 is 12.3 Å². The minimum Gasteiger partial charge on any atom is -0.449 e. The first-order valence-electron chi connectivity index (χ1n) is 9.84. The first kappa shape index (κ1) is 24.2. The highest BCUT2D eigenvalue weighted by molar-refractivity contribution is 6.34. The molecule has 3 rings (SSSR count). The summed E-state index contributed by atoms with van der Waals surface area (Å²) in [7, 11) is 0. The van der Waals surface area contributed by atoms with Crippen molar-refractivity contribution in [2.75, 3.05) is 11.9 Å². The van der Waals surface area contributed by atoms with Gasteiger partial charge in [0, 0.05) is 21.3 Å². The van der Waals surface area contributed by atoms with Crippen LogP contribution in [0.15, 0.2) is 42.2 Å². The van der Waals surface area contributed by atoms with Gasteiger partial charge in [-0.25, -0.2) is 4.79 Å². The molecule has 172 valence electrons. The Balaban J connectivity index is 1.99. The lowest BCUT2D eigenvalue weighted by atomic mass is 9.92. The Kier molecular flexibility index (Phi) is 7.59. The summed E-state index contributed by atoms with van der Waals surface area (Å²) in [6.07, 6.45) is -3.78. The van der Waals surface area contributed by atoms with E-state index in [4.69, 9.17) is 32.8 Å². The number of hydrogen-bond acceptors (Lipinski definition) is 4. The monoisotopic (exact) mass is 488 g/mol. The van der Waals surface area contributed by atoms with Gasteiger partial charge in [0.2, 0.25) is 5.76 Å². The Labute approximate surface area is 193 Å². The van der Waals surface area contributed by atoms with E-state index in [0.29, 0.717) is 16.8 Å². The summed E-state index contributed by atoms with van der Waals surface area (Å²) in [6, 6.07) is 8.12. The molecule has 2 N–H and O–H groups in total. The molecule has 0 aliphatic carbocycles. The van der Waals surface area contributed by atoms with Gasteiger partial charge in [-0.15, -0.1) is 5.48 Å². The van der Waals surface area contributed by atoms with Gasteiger partial charge in [-0.3, -0.25) is 5.32 Å². The average Bonchev–Trinajstić information content (AvgIpc) is 3.15. The van der Waals surface area contributed by atoms with E-state index in [-0.39, 0.29) is 27.8 Å². The Hall–Kier alpha value is -2.42. The van der Waals surface area contributed by atoms with Crippen molar-refractivity contribution < 1.29 is 27.5 Å². The Morgan fingerprint density at radius 3 is 2.50 bits per heavy atom. The fraction of sp³-hybridized carbons (Fsp3) is 0.318. The molecule has 1 amide bonds. The molecule has 2 aromatic rings. The number of rotatable bonds is 6. The van der Waals surface area contributed by atoms with Gasteiger partial charge < -0.3 is 9.57 Å². The number of hydroxylamine groups is 1. The minimum atomic E-state index is -4.75. The van der Waals surface area contributed by atoms with Crippen LogP contribution in [0.1, 0.15) is 42.5 Å². The number of hydrogen-bond donors (Lipinski definition) is 2. The normalized spacial score (nSPS) is 16.2. The Morgan fingerprint density at radius 2 is 1.88 bits per heavy atom. The molecule has 0 spiro atoms. The number of alkyl halides is 3. The lowest BCUT2D eigenvalue weighted by molar-refractivity contribution is -0.136. The molecule has 1 aliphatic heterocycles. The maximum atomic E-state index is 13.7. The molecule has 0 bridgehead atoms. The quantitative estimate of drug-likeness (QED) is 0.422. The van der Waals surface area contributed by atoms with Gasteiger partial charge in [0.1, 0.15) is 0 Å². The number of nitrogens with one attached hydrogen (secondary N) is 2. The van der Waals surface area contributed by atoms with Crippen molar-refractivity contribution in [2.45, 2.75) is 38.9 Å². The molecule has 0 radical (unpaired) electrons. The fourth-order valence-corrected chi connectivity index (χ4v) is 3.75. The van der Waals surface area contributed by atoms with Gasteiger partial charge in [-0.2, -0.15) is 13.2 Å². The number of halogens is 5. The van der Waals surface area contributed by atoms with Crippen LogP contribution in [0.2, 0.25) is 10.0 Å². The van der Waals surface area contributed by atoms with Crippen LogP contribution in [-0.4, -0.2) is 18.9 Å². The maximum absolute atomic E-state index is 13.7. The number of ether oxygens (including phenoxy) is 1. The highest BCUT2D eigenvalue weighted by Crippen LogP contribution is 2.45. The second kappa shape index (κ2) is 10.0. The zero-order chi connectivity index (χ0) is 23.5. The van der Waals surface area contributed by atoms with Crippen molar-refractivity contribution in [1.29, 1.82) is 0 Å². The summed E-state index contributed by atoms with van der Waals surface area (Å²) in [5.41, 5.74) is 4.00. The SMILES string of the molecule is CCCCOC(=O)Nc1cc(C2NOC(C(F)(F)F)=C2c2cc(Cl)cc(Cl)c2)ccc1C. The van der Waals surface area contributed by atoms with Crippen LogP contribution in [0, 0.1) is 6.92 Å².